The lowest BCUT2D eigenvalue weighted by Crippen LogP contribution is -2.31. The number of nitrogens with zero attached hydrogens (tertiary/aromatic N) is 2. The highest BCUT2D eigenvalue weighted by Crippen LogP contribution is 2.16. The number of hydrogen-bond acceptors (Lipinski definition) is 4. The highest BCUT2D eigenvalue weighted by atomic mass is 15.2. The molecule has 1 aliphatic rings. The van der Waals surface area contributed by atoms with Gasteiger partial charge in [0.1, 0.15) is 0 Å². The van der Waals surface area contributed by atoms with Crippen molar-refractivity contribution < 1.29 is 0 Å². The largest absolute Gasteiger partial charge is 0.399 e. The second-order valence-corrected chi connectivity index (χ2v) is 5.32. The summed E-state index contributed by atoms with van der Waals surface area (Å²) in [4.78, 5) is 4.49. The van der Waals surface area contributed by atoms with Crippen molar-refractivity contribution in [3.8, 4) is 0 Å². The van der Waals surface area contributed by atoms with Gasteiger partial charge in [-0.3, -0.25) is 0 Å². The molecule has 4 heteroatoms. The van der Waals surface area contributed by atoms with Crippen molar-refractivity contribution >= 4 is 11.4 Å². The van der Waals surface area contributed by atoms with Crippen LogP contribution in [0.1, 0.15) is 6.42 Å². The van der Waals surface area contributed by atoms with E-state index >= 15 is 0 Å². The van der Waals surface area contributed by atoms with E-state index in [0.29, 0.717) is 0 Å². The Bertz CT molecular complexity index is 490. The van der Waals surface area contributed by atoms with Crippen LogP contribution in [0.4, 0.5) is 11.4 Å². The fourth-order valence-corrected chi connectivity index (χ4v) is 2.20. The zero-order valence-corrected chi connectivity index (χ0v) is 12.3. The van der Waals surface area contributed by atoms with Gasteiger partial charge < -0.3 is 21.3 Å². The molecule has 0 spiro atoms. The summed E-state index contributed by atoms with van der Waals surface area (Å²) in [6.45, 7) is 1.92. The summed E-state index contributed by atoms with van der Waals surface area (Å²) < 4.78 is 0. The van der Waals surface area contributed by atoms with E-state index in [-0.39, 0.29) is 6.04 Å². The minimum atomic E-state index is 0.171. The van der Waals surface area contributed by atoms with Crippen LogP contribution in [0.2, 0.25) is 0 Å². The Labute approximate surface area is 121 Å². The molecule has 1 unspecified atom stereocenters. The maximum atomic E-state index is 5.84. The molecule has 108 valence electrons. The molecule has 1 aromatic rings. The van der Waals surface area contributed by atoms with E-state index in [9.17, 15) is 0 Å². The summed E-state index contributed by atoms with van der Waals surface area (Å²) in [5.41, 5.74) is 14.8. The standard InChI is InChI=1S/C16H24N4/c1-19(15-7-3-13(17)4-8-15)11-12-20(2)16-9-5-14(18)6-10-16/h3-5,7-10,14H,6,11-12,17-18H2,1-2H3. The van der Waals surface area contributed by atoms with Crippen LogP contribution in [-0.2, 0) is 0 Å². The van der Waals surface area contributed by atoms with Crippen LogP contribution in [0.3, 0.4) is 0 Å². The lowest BCUT2D eigenvalue weighted by atomic mass is 10.1. The average molecular weight is 272 g/mol. The molecular formula is C16H24N4. The minimum Gasteiger partial charge on any atom is -0.399 e. The molecule has 4 nitrogen and oxygen atoms in total. The molecule has 0 aliphatic heterocycles. The van der Waals surface area contributed by atoms with E-state index in [1.165, 1.54) is 11.4 Å². The fourth-order valence-electron chi connectivity index (χ4n) is 2.20. The van der Waals surface area contributed by atoms with Gasteiger partial charge in [0.2, 0.25) is 0 Å². The molecule has 0 amide bonds. The molecule has 0 saturated heterocycles. The second kappa shape index (κ2) is 6.48. The van der Waals surface area contributed by atoms with E-state index in [1.54, 1.807) is 0 Å². The number of allylic oxidation sites excluding steroid dienone is 1. The van der Waals surface area contributed by atoms with Crippen LogP contribution in [0.5, 0.6) is 0 Å². The van der Waals surface area contributed by atoms with E-state index in [0.717, 1.165) is 25.2 Å². The Morgan fingerprint density at radius 2 is 1.75 bits per heavy atom. The molecule has 1 aromatic carbocycles. The van der Waals surface area contributed by atoms with Gasteiger partial charge >= 0.3 is 0 Å². The molecule has 0 radical (unpaired) electrons. The van der Waals surface area contributed by atoms with Gasteiger partial charge in [0.25, 0.3) is 0 Å². The third-order valence-corrected chi connectivity index (χ3v) is 3.66. The van der Waals surface area contributed by atoms with Gasteiger partial charge in [0.05, 0.1) is 0 Å². The van der Waals surface area contributed by atoms with Crippen molar-refractivity contribution in [2.45, 2.75) is 12.5 Å². The van der Waals surface area contributed by atoms with Crippen molar-refractivity contribution in [2.24, 2.45) is 5.73 Å². The van der Waals surface area contributed by atoms with Crippen LogP contribution < -0.4 is 16.4 Å². The first-order valence-corrected chi connectivity index (χ1v) is 6.98. The molecular weight excluding hydrogens is 248 g/mol. The SMILES string of the molecule is CN(CCN(C)c1ccc(N)cc1)C1=CCC(N)C=C1. The fraction of sp³-hybridized carbons (Fsp3) is 0.375. The van der Waals surface area contributed by atoms with E-state index in [2.05, 4.69) is 42.1 Å². The highest BCUT2D eigenvalue weighted by Gasteiger charge is 2.08. The van der Waals surface area contributed by atoms with Crippen LogP contribution in [-0.4, -0.2) is 38.1 Å². The van der Waals surface area contributed by atoms with Gasteiger partial charge in [-0.2, -0.15) is 0 Å². The molecule has 0 saturated carbocycles. The Hall–Kier alpha value is -1.94. The quantitative estimate of drug-likeness (QED) is 0.803. The Balaban J connectivity index is 1.85. The third-order valence-electron chi connectivity index (χ3n) is 3.66. The van der Waals surface area contributed by atoms with Crippen LogP contribution in [0.25, 0.3) is 0 Å². The number of likely N-dealkylation sites (N-methyl/N-ethyl adjacent to an activating group) is 2. The van der Waals surface area contributed by atoms with Gasteiger partial charge in [-0.05, 0) is 36.8 Å². The molecule has 1 aliphatic carbocycles. The highest BCUT2D eigenvalue weighted by molar-refractivity contribution is 5.52. The Morgan fingerprint density at radius 1 is 1.10 bits per heavy atom. The number of nitrogens with two attached hydrogens (primary N) is 2. The van der Waals surface area contributed by atoms with Gasteiger partial charge in [-0.25, -0.2) is 0 Å². The maximum absolute atomic E-state index is 5.84. The predicted molar refractivity (Wildman–Crippen MR) is 86.6 cm³/mol. The molecule has 0 aromatic heterocycles. The number of nitrogen functional groups attached to an aromatic ring is 1. The number of benzene rings is 1. The van der Waals surface area contributed by atoms with Gasteiger partial charge in [-0.1, -0.05) is 12.2 Å². The van der Waals surface area contributed by atoms with Crippen molar-refractivity contribution in [3.05, 3.63) is 48.2 Å². The number of hydrogen-bond donors (Lipinski definition) is 2. The van der Waals surface area contributed by atoms with Crippen LogP contribution in [0, 0.1) is 0 Å². The van der Waals surface area contributed by atoms with E-state index in [1.807, 2.05) is 24.3 Å². The topological polar surface area (TPSA) is 58.5 Å². The smallest absolute Gasteiger partial charge is 0.0365 e. The summed E-state index contributed by atoms with van der Waals surface area (Å²) in [6.07, 6.45) is 7.30. The second-order valence-electron chi connectivity index (χ2n) is 5.32. The normalized spacial score (nSPS) is 17.8. The molecule has 0 bridgehead atoms. The Kier molecular flexibility index (Phi) is 4.69. The van der Waals surface area contributed by atoms with Crippen LogP contribution >= 0.6 is 0 Å². The summed E-state index contributed by atoms with van der Waals surface area (Å²) >= 11 is 0. The van der Waals surface area contributed by atoms with Crippen molar-refractivity contribution in [2.75, 3.05) is 37.8 Å². The average Bonchev–Trinajstić information content (AvgIpc) is 2.46. The first-order valence-electron chi connectivity index (χ1n) is 6.98. The van der Waals surface area contributed by atoms with E-state index in [4.69, 9.17) is 11.5 Å². The van der Waals surface area contributed by atoms with Gasteiger partial charge in [0, 0.05) is 50.3 Å². The molecule has 20 heavy (non-hydrogen) atoms. The lowest BCUT2D eigenvalue weighted by Gasteiger charge is -2.27. The number of anilines is 2. The first kappa shape index (κ1) is 14.5. The summed E-state index contributed by atoms with van der Waals surface area (Å²) in [5.74, 6) is 0. The van der Waals surface area contributed by atoms with Crippen molar-refractivity contribution in [1.82, 2.24) is 4.90 Å². The van der Waals surface area contributed by atoms with Crippen LogP contribution in [0.15, 0.2) is 48.2 Å². The zero-order chi connectivity index (χ0) is 14.5. The summed E-state index contributed by atoms with van der Waals surface area (Å²) in [5, 5.41) is 0. The molecule has 1 atom stereocenters. The predicted octanol–water partition coefficient (Wildman–Crippen LogP) is 1.81. The summed E-state index contributed by atoms with van der Waals surface area (Å²) in [7, 11) is 4.21. The van der Waals surface area contributed by atoms with Gasteiger partial charge in [0.15, 0.2) is 0 Å². The monoisotopic (exact) mass is 272 g/mol. The number of rotatable bonds is 5. The van der Waals surface area contributed by atoms with Gasteiger partial charge in [-0.15, -0.1) is 0 Å². The molecule has 0 heterocycles. The molecule has 0 fully saturated rings. The summed E-state index contributed by atoms with van der Waals surface area (Å²) in [6, 6.07) is 8.14. The third kappa shape index (κ3) is 3.78. The maximum Gasteiger partial charge on any atom is 0.0365 e. The van der Waals surface area contributed by atoms with Crippen molar-refractivity contribution in [1.29, 1.82) is 0 Å². The minimum absolute atomic E-state index is 0.171. The zero-order valence-electron chi connectivity index (χ0n) is 12.3. The first-order chi connectivity index (χ1) is 9.56. The van der Waals surface area contributed by atoms with Crippen molar-refractivity contribution in [3.63, 3.8) is 0 Å². The Morgan fingerprint density at radius 3 is 2.35 bits per heavy atom. The molecule has 4 N–H and O–H groups in total. The van der Waals surface area contributed by atoms with E-state index < -0.39 is 0 Å². The molecule has 2 rings (SSSR count). The lowest BCUT2D eigenvalue weighted by molar-refractivity contribution is 0.432.